The van der Waals surface area contributed by atoms with E-state index in [1.54, 1.807) is 16.7 Å². The van der Waals surface area contributed by atoms with Crippen LogP contribution in [-0.4, -0.2) is 0 Å². The standard InChI is InChI=1S/C17H26.C2H6/c1-7-17(6)9-8-11(2)15-10-12(3)13(4)14(5)16(15)17;1-2/h10-11H,7-9H2,1-6H3;1-2H3. The number of rotatable bonds is 1. The van der Waals surface area contributed by atoms with Gasteiger partial charge in [0.15, 0.2) is 0 Å². The number of fused-ring (bicyclic) bond motifs is 1. The first kappa shape index (κ1) is 16.3. The second-order valence-electron chi connectivity index (χ2n) is 6.26. The fourth-order valence-electron chi connectivity index (χ4n) is 3.47. The van der Waals surface area contributed by atoms with E-state index in [0.717, 1.165) is 5.92 Å². The zero-order valence-corrected chi connectivity index (χ0v) is 14.3. The van der Waals surface area contributed by atoms with Gasteiger partial charge in [-0.3, -0.25) is 0 Å². The van der Waals surface area contributed by atoms with E-state index in [-0.39, 0.29) is 0 Å². The fourth-order valence-corrected chi connectivity index (χ4v) is 3.47. The highest BCUT2D eigenvalue weighted by atomic mass is 14.4. The van der Waals surface area contributed by atoms with Crippen LogP contribution in [0.5, 0.6) is 0 Å². The van der Waals surface area contributed by atoms with Crippen LogP contribution in [0.4, 0.5) is 0 Å². The third-order valence-corrected chi connectivity index (χ3v) is 5.23. The lowest BCUT2D eigenvalue weighted by Gasteiger charge is -2.40. The Morgan fingerprint density at radius 2 is 1.74 bits per heavy atom. The van der Waals surface area contributed by atoms with Crippen LogP contribution in [0.25, 0.3) is 0 Å². The quantitative estimate of drug-likeness (QED) is 0.563. The summed E-state index contributed by atoms with van der Waals surface area (Å²) in [6.45, 7) is 18.1. The van der Waals surface area contributed by atoms with Crippen molar-refractivity contribution >= 4 is 0 Å². The molecule has 0 saturated carbocycles. The van der Waals surface area contributed by atoms with Crippen LogP contribution in [0.3, 0.4) is 0 Å². The molecular weight excluding hydrogens is 228 g/mol. The maximum atomic E-state index is 2.46. The molecule has 2 rings (SSSR count). The van der Waals surface area contributed by atoms with Crippen molar-refractivity contribution in [1.82, 2.24) is 0 Å². The van der Waals surface area contributed by atoms with Gasteiger partial charge >= 0.3 is 0 Å². The third-order valence-electron chi connectivity index (χ3n) is 5.23. The maximum absolute atomic E-state index is 2.46. The molecule has 2 atom stereocenters. The summed E-state index contributed by atoms with van der Waals surface area (Å²) in [4.78, 5) is 0. The Kier molecular flexibility index (Phi) is 5.24. The zero-order chi connectivity index (χ0) is 14.8. The summed E-state index contributed by atoms with van der Waals surface area (Å²) >= 11 is 0. The van der Waals surface area contributed by atoms with Gasteiger partial charge in [0.2, 0.25) is 0 Å². The third kappa shape index (κ3) is 2.73. The first-order valence-electron chi connectivity index (χ1n) is 8.02. The number of benzene rings is 1. The van der Waals surface area contributed by atoms with Crippen LogP contribution >= 0.6 is 0 Å². The van der Waals surface area contributed by atoms with Crippen molar-refractivity contribution in [2.45, 2.75) is 86.0 Å². The van der Waals surface area contributed by atoms with Gasteiger partial charge in [0.1, 0.15) is 0 Å². The minimum Gasteiger partial charge on any atom is -0.0683 e. The molecule has 1 aromatic rings. The van der Waals surface area contributed by atoms with Gasteiger partial charge in [0.05, 0.1) is 0 Å². The van der Waals surface area contributed by atoms with Crippen molar-refractivity contribution in [3.63, 3.8) is 0 Å². The molecule has 0 radical (unpaired) electrons. The summed E-state index contributed by atoms with van der Waals surface area (Å²) < 4.78 is 0. The predicted octanol–water partition coefficient (Wildman–Crippen LogP) is 6.20. The molecule has 0 bridgehead atoms. The van der Waals surface area contributed by atoms with Crippen LogP contribution in [0.2, 0.25) is 0 Å². The molecule has 108 valence electrons. The average Bonchev–Trinajstić information content (AvgIpc) is 2.42. The van der Waals surface area contributed by atoms with Gasteiger partial charge in [-0.2, -0.15) is 0 Å². The second kappa shape index (κ2) is 6.11. The first-order valence-corrected chi connectivity index (χ1v) is 8.02. The topological polar surface area (TPSA) is 0 Å². The monoisotopic (exact) mass is 260 g/mol. The van der Waals surface area contributed by atoms with Gasteiger partial charge in [-0.1, -0.05) is 40.7 Å². The predicted molar refractivity (Wildman–Crippen MR) is 87.3 cm³/mol. The van der Waals surface area contributed by atoms with Crippen molar-refractivity contribution in [3.05, 3.63) is 33.9 Å². The molecule has 0 amide bonds. The molecule has 1 aromatic carbocycles. The van der Waals surface area contributed by atoms with Crippen LogP contribution in [0, 0.1) is 20.8 Å². The van der Waals surface area contributed by atoms with Crippen molar-refractivity contribution < 1.29 is 0 Å². The van der Waals surface area contributed by atoms with Gasteiger partial charge in [0.25, 0.3) is 0 Å². The van der Waals surface area contributed by atoms with E-state index >= 15 is 0 Å². The van der Waals surface area contributed by atoms with Crippen molar-refractivity contribution in [3.8, 4) is 0 Å². The molecule has 0 fully saturated rings. The highest BCUT2D eigenvalue weighted by Crippen LogP contribution is 2.47. The maximum Gasteiger partial charge on any atom is -0.00721 e. The lowest BCUT2D eigenvalue weighted by molar-refractivity contribution is 0.357. The van der Waals surface area contributed by atoms with Gasteiger partial charge in [-0.25, -0.2) is 0 Å². The number of hydrogen-bond acceptors (Lipinski definition) is 0. The summed E-state index contributed by atoms with van der Waals surface area (Å²) in [5, 5.41) is 0. The molecule has 0 heterocycles. The van der Waals surface area contributed by atoms with E-state index in [9.17, 15) is 0 Å². The van der Waals surface area contributed by atoms with E-state index < -0.39 is 0 Å². The molecular formula is C19H32. The molecule has 0 aliphatic heterocycles. The lowest BCUT2D eigenvalue weighted by atomic mass is 9.64. The van der Waals surface area contributed by atoms with E-state index in [0.29, 0.717) is 5.41 Å². The highest BCUT2D eigenvalue weighted by molar-refractivity contribution is 5.50. The molecule has 0 N–H and O–H groups in total. The minimum absolute atomic E-state index is 0.407. The second-order valence-corrected chi connectivity index (χ2v) is 6.26. The lowest BCUT2D eigenvalue weighted by Crippen LogP contribution is -2.29. The summed E-state index contributed by atoms with van der Waals surface area (Å²) in [6, 6.07) is 2.45. The number of aryl methyl sites for hydroxylation is 1. The van der Waals surface area contributed by atoms with Crippen LogP contribution in [-0.2, 0) is 5.41 Å². The van der Waals surface area contributed by atoms with E-state index in [2.05, 4.69) is 47.6 Å². The van der Waals surface area contributed by atoms with E-state index in [4.69, 9.17) is 0 Å². The molecule has 1 aliphatic carbocycles. The van der Waals surface area contributed by atoms with E-state index in [1.165, 1.54) is 30.4 Å². The minimum atomic E-state index is 0.407. The number of hydrogen-bond donors (Lipinski definition) is 0. The summed E-state index contributed by atoms with van der Waals surface area (Å²) in [6.07, 6.45) is 3.95. The molecule has 0 spiro atoms. The Labute approximate surface area is 120 Å². The van der Waals surface area contributed by atoms with E-state index in [1.807, 2.05) is 13.8 Å². The Morgan fingerprint density at radius 1 is 1.16 bits per heavy atom. The Hall–Kier alpha value is -0.780. The Balaban J connectivity index is 0.000000861. The van der Waals surface area contributed by atoms with Gasteiger partial charge in [-0.05, 0) is 79.2 Å². The van der Waals surface area contributed by atoms with Gasteiger partial charge < -0.3 is 0 Å². The normalized spacial score (nSPS) is 25.4. The Morgan fingerprint density at radius 3 is 2.26 bits per heavy atom. The Bertz CT molecular complexity index is 442. The van der Waals surface area contributed by atoms with Crippen LogP contribution in [0.1, 0.15) is 87.6 Å². The zero-order valence-electron chi connectivity index (χ0n) is 14.3. The van der Waals surface area contributed by atoms with Crippen molar-refractivity contribution in [1.29, 1.82) is 0 Å². The van der Waals surface area contributed by atoms with Gasteiger partial charge in [0, 0.05) is 0 Å². The molecule has 0 saturated heterocycles. The molecule has 0 aromatic heterocycles. The fraction of sp³-hybridized carbons (Fsp3) is 0.684. The van der Waals surface area contributed by atoms with Crippen molar-refractivity contribution in [2.24, 2.45) is 0 Å². The largest absolute Gasteiger partial charge is 0.0683 e. The molecule has 1 aliphatic rings. The van der Waals surface area contributed by atoms with Crippen molar-refractivity contribution in [2.75, 3.05) is 0 Å². The molecule has 0 nitrogen and oxygen atoms in total. The first-order chi connectivity index (χ1) is 8.90. The SMILES string of the molecule is CC.CCC1(C)CCC(C)c2cc(C)c(C)c(C)c21. The molecule has 0 heteroatoms. The molecule has 2 unspecified atom stereocenters. The molecule has 19 heavy (non-hydrogen) atoms. The summed E-state index contributed by atoms with van der Waals surface area (Å²) in [5.74, 6) is 0.739. The van der Waals surface area contributed by atoms with Gasteiger partial charge in [-0.15, -0.1) is 0 Å². The summed E-state index contributed by atoms with van der Waals surface area (Å²) in [5.41, 5.74) is 8.22. The smallest absolute Gasteiger partial charge is 0.00721 e. The summed E-state index contributed by atoms with van der Waals surface area (Å²) in [7, 11) is 0. The van der Waals surface area contributed by atoms with Crippen LogP contribution < -0.4 is 0 Å². The van der Waals surface area contributed by atoms with Crippen LogP contribution in [0.15, 0.2) is 6.07 Å². The highest BCUT2D eigenvalue weighted by Gasteiger charge is 2.35. The average molecular weight is 260 g/mol.